The zero-order valence-electron chi connectivity index (χ0n) is 14.2. The van der Waals surface area contributed by atoms with Gasteiger partial charge in [0.1, 0.15) is 5.75 Å². The van der Waals surface area contributed by atoms with Crippen LogP contribution >= 0.6 is 0 Å². The summed E-state index contributed by atoms with van der Waals surface area (Å²) in [4.78, 5) is 11.4. The molecule has 0 spiro atoms. The van der Waals surface area contributed by atoms with Crippen molar-refractivity contribution in [2.24, 2.45) is 5.92 Å². The molecule has 4 nitrogen and oxygen atoms in total. The third kappa shape index (κ3) is 5.33. The molecule has 0 aliphatic carbocycles. The van der Waals surface area contributed by atoms with E-state index in [-0.39, 0.29) is 11.1 Å². The number of hydrogen-bond donors (Lipinski definition) is 2. The summed E-state index contributed by atoms with van der Waals surface area (Å²) in [5, 5.41) is 0.570. The molecule has 0 saturated heterocycles. The van der Waals surface area contributed by atoms with Crippen LogP contribution in [0.4, 0.5) is 58.4 Å². The molecule has 0 unspecified atom stereocenters. The minimum atomic E-state index is -6.62. The third-order valence-corrected chi connectivity index (χ3v) is 3.50. The average Bonchev–Trinajstić information content (AvgIpc) is 2.49. The number of hydrogen-bond acceptors (Lipinski definition) is 3. The van der Waals surface area contributed by atoms with Crippen molar-refractivity contribution in [1.29, 1.82) is 0 Å². The van der Waals surface area contributed by atoms with E-state index in [0.717, 1.165) is 24.6 Å². The Kier molecular flexibility index (Phi) is 6.75. The molecule has 0 aromatic heterocycles. The van der Waals surface area contributed by atoms with Gasteiger partial charge >= 0.3 is 30.4 Å². The lowest BCUT2D eigenvalue weighted by molar-refractivity contribution is -0.304. The third-order valence-electron chi connectivity index (χ3n) is 3.50. The summed E-state index contributed by atoms with van der Waals surface area (Å²) >= 11 is 0. The smallest absolute Gasteiger partial charge is 0.439 e. The zero-order valence-corrected chi connectivity index (χ0v) is 14.2. The summed E-state index contributed by atoms with van der Waals surface area (Å²) in [6.07, 6.45) is -26.3. The number of carbonyl (C=O) groups is 1. The molecule has 1 rings (SSSR count). The first-order valence-corrected chi connectivity index (χ1v) is 7.27. The Bertz CT molecular complexity index is 706. The highest BCUT2D eigenvalue weighted by Crippen LogP contribution is 2.46. The molecule has 0 atom stereocenters. The Morgan fingerprint density at radius 3 is 1.50 bits per heavy atom. The van der Waals surface area contributed by atoms with Gasteiger partial charge in [0.25, 0.3) is 0 Å². The largest absolute Gasteiger partial charge is 0.497 e. The molecule has 1 aromatic rings. The van der Waals surface area contributed by atoms with Crippen LogP contribution in [0.15, 0.2) is 24.3 Å². The Morgan fingerprint density at radius 2 is 1.20 bits per heavy atom. The first-order valence-electron chi connectivity index (χ1n) is 7.27. The fourth-order valence-electron chi connectivity index (χ4n) is 2.11. The molecule has 0 radical (unpaired) electrons. The van der Waals surface area contributed by atoms with Gasteiger partial charge in [0, 0.05) is 5.69 Å². The van der Waals surface area contributed by atoms with Gasteiger partial charge in [-0.1, -0.05) is 0 Å². The average molecular weight is 466 g/mol. The van der Waals surface area contributed by atoms with Crippen LogP contribution in [0.5, 0.6) is 5.75 Å². The molecule has 0 saturated carbocycles. The highest BCUT2D eigenvalue weighted by atomic mass is 19.4. The number of anilines is 1. The number of halogens is 12. The Labute approximate surface area is 159 Å². The molecule has 0 aliphatic heterocycles. The Hall–Kier alpha value is -2.55. The van der Waals surface area contributed by atoms with Crippen LogP contribution in [0.25, 0.3) is 0 Å². The second-order valence-electron chi connectivity index (χ2n) is 5.60. The van der Waals surface area contributed by atoms with Crippen molar-refractivity contribution < 1.29 is 62.2 Å². The number of rotatable bonds is 5. The topological polar surface area (TPSA) is 50.4 Å². The monoisotopic (exact) mass is 466 g/mol. The van der Waals surface area contributed by atoms with Gasteiger partial charge in [-0.05, 0) is 24.3 Å². The lowest BCUT2D eigenvalue weighted by Gasteiger charge is -2.40. The number of ether oxygens (including phenoxy) is 1. The van der Waals surface area contributed by atoms with Gasteiger partial charge in [-0.15, -0.1) is 0 Å². The lowest BCUT2D eigenvalue weighted by Crippen LogP contribution is -2.73. The summed E-state index contributed by atoms with van der Waals surface area (Å²) < 4.78 is 160. The van der Waals surface area contributed by atoms with Crippen LogP contribution in [0.2, 0.25) is 0 Å². The molecular formula is C14H10F12N2O2. The van der Waals surface area contributed by atoms with E-state index in [1.54, 1.807) is 0 Å². The maximum atomic E-state index is 13.3. The predicted molar refractivity (Wildman–Crippen MR) is 75.2 cm³/mol. The van der Waals surface area contributed by atoms with Gasteiger partial charge < -0.3 is 15.4 Å². The van der Waals surface area contributed by atoms with E-state index in [1.165, 1.54) is 0 Å². The molecular weight excluding hydrogens is 456 g/mol. The Balaban J connectivity index is 3.55. The minimum absolute atomic E-state index is 0.0524. The first kappa shape index (κ1) is 25.5. The molecule has 30 heavy (non-hydrogen) atoms. The summed E-state index contributed by atoms with van der Waals surface area (Å²) in [7, 11) is 1.09. The number of methoxy groups -OCH3 is 1. The lowest BCUT2D eigenvalue weighted by atomic mass is 10.0. The van der Waals surface area contributed by atoms with Gasteiger partial charge in [0.15, 0.2) is 0 Å². The standard InChI is InChI=1S/C14H10F12N2O2/c1-30-7-4-2-6(3-5-7)27-12(13(21,22)23,14(24,25)26)28-9(29)8(10(15,16)17)11(18,19)20/h2-5,8,27H,1H3,(H,28,29). The quantitative estimate of drug-likeness (QED) is 0.485. The molecule has 16 heteroatoms. The van der Waals surface area contributed by atoms with Crippen molar-refractivity contribution in [2.45, 2.75) is 30.4 Å². The number of amides is 1. The van der Waals surface area contributed by atoms with Gasteiger partial charge in [-0.25, -0.2) is 0 Å². The minimum Gasteiger partial charge on any atom is -0.497 e. The van der Waals surface area contributed by atoms with Gasteiger partial charge in [-0.3, -0.25) is 4.79 Å². The Morgan fingerprint density at radius 1 is 0.800 bits per heavy atom. The fourth-order valence-corrected chi connectivity index (χ4v) is 2.11. The van der Waals surface area contributed by atoms with Crippen molar-refractivity contribution in [3.63, 3.8) is 0 Å². The number of nitrogens with one attached hydrogen (secondary N) is 2. The van der Waals surface area contributed by atoms with E-state index in [1.807, 2.05) is 0 Å². The molecule has 0 bridgehead atoms. The predicted octanol–water partition coefficient (Wildman–Crippen LogP) is 4.79. The molecule has 0 aliphatic rings. The normalized spacial score (nSPS) is 13.9. The van der Waals surface area contributed by atoms with E-state index >= 15 is 0 Å². The SMILES string of the molecule is COc1ccc(NC(NC(=O)C(C(F)(F)F)C(F)(F)F)(C(F)(F)F)C(F)(F)F)cc1. The maximum Gasteiger partial charge on any atom is 0.439 e. The molecule has 2 N–H and O–H groups in total. The number of benzene rings is 1. The van der Waals surface area contributed by atoms with Crippen LogP contribution in [-0.4, -0.2) is 43.4 Å². The van der Waals surface area contributed by atoms with Crippen molar-refractivity contribution >= 4 is 11.6 Å². The van der Waals surface area contributed by atoms with E-state index in [0.29, 0.717) is 12.1 Å². The van der Waals surface area contributed by atoms with Crippen LogP contribution in [0, 0.1) is 5.92 Å². The zero-order chi connectivity index (χ0) is 23.8. The summed E-state index contributed by atoms with van der Waals surface area (Å²) in [6, 6.07) is 2.80. The van der Waals surface area contributed by atoms with Crippen LogP contribution in [-0.2, 0) is 4.79 Å². The van der Waals surface area contributed by atoms with Gasteiger partial charge in [0.2, 0.25) is 11.8 Å². The van der Waals surface area contributed by atoms with E-state index < -0.39 is 47.9 Å². The highest BCUT2D eigenvalue weighted by molar-refractivity contribution is 5.82. The van der Waals surface area contributed by atoms with Crippen molar-refractivity contribution in [2.75, 3.05) is 12.4 Å². The van der Waals surface area contributed by atoms with E-state index in [2.05, 4.69) is 4.74 Å². The second-order valence-corrected chi connectivity index (χ2v) is 5.60. The van der Waals surface area contributed by atoms with E-state index in [9.17, 15) is 57.5 Å². The van der Waals surface area contributed by atoms with Crippen molar-refractivity contribution in [1.82, 2.24) is 5.32 Å². The van der Waals surface area contributed by atoms with Crippen molar-refractivity contribution in [3.05, 3.63) is 24.3 Å². The molecule has 1 amide bonds. The van der Waals surface area contributed by atoms with E-state index in [4.69, 9.17) is 0 Å². The molecule has 1 aromatic carbocycles. The first-order chi connectivity index (χ1) is 13.3. The molecule has 172 valence electrons. The van der Waals surface area contributed by atoms with Gasteiger partial charge in [0.05, 0.1) is 7.11 Å². The molecule has 0 heterocycles. The molecule has 0 fully saturated rings. The van der Waals surface area contributed by atoms with Crippen LogP contribution in [0.3, 0.4) is 0 Å². The maximum absolute atomic E-state index is 13.3. The van der Waals surface area contributed by atoms with Crippen molar-refractivity contribution in [3.8, 4) is 5.75 Å². The summed E-state index contributed by atoms with van der Waals surface area (Å²) in [6.45, 7) is 0. The number of carbonyl (C=O) groups excluding carboxylic acids is 1. The number of alkyl halides is 12. The summed E-state index contributed by atoms with van der Waals surface area (Å²) in [5.74, 6) is -8.80. The van der Waals surface area contributed by atoms with Gasteiger partial charge in [-0.2, -0.15) is 52.7 Å². The van der Waals surface area contributed by atoms with Crippen LogP contribution < -0.4 is 15.4 Å². The fraction of sp³-hybridized carbons (Fsp3) is 0.500. The second kappa shape index (κ2) is 7.94. The van der Waals surface area contributed by atoms with Crippen LogP contribution in [0.1, 0.15) is 0 Å². The highest BCUT2D eigenvalue weighted by Gasteiger charge is 2.74. The summed E-state index contributed by atoms with van der Waals surface area (Å²) in [5.41, 5.74) is -6.73.